The zero-order valence-corrected chi connectivity index (χ0v) is 20.5. The molecule has 0 bridgehead atoms. The number of nitrogens with zero attached hydrogens (tertiary/aromatic N) is 3. The van der Waals surface area contributed by atoms with Crippen molar-refractivity contribution < 1.29 is 9.59 Å². The smallest absolute Gasteiger partial charge is 0.282 e. The lowest BCUT2D eigenvalue weighted by molar-refractivity contribution is -0.120. The van der Waals surface area contributed by atoms with Crippen LogP contribution >= 0.6 is 0 Å². The largest absolute Gasteiger partial charge is 0.378 e. The zero-order valence-electron chi connectivity index (χ0n) is 20.5. The fourth-order valence-electron chi connectivity index (χ4n) is 3.93. The van der Waals surface area contributed by atoms with Gasteiger partial charge in [-0.3, -0.25) is 9.59 Å². The van der Waals surface area contributed by atoms with Gasteiger partial charge in [0.25, 0.3) is 11.8 Å². The van der Waals surface area contributed by atoms with Gasteiger partial charge in [0.15, 0.2) is 0 Å². The van der Waals surface area contributed by atoms with E-state index >= 15 is 0 Å². The van der Waals surface area contributed by atoms with Gasteiger partial charge in [0.1, 0.15) is 5.70 Å². The predicted octanol–water partition coefficient (Wildman–Crippen LogP) is 4.83. The van der Waals surface area contributed by atoms with Gasteiger partial charge in [-0.05, 0) is 79.1 Å². The Morgan fingerprint density at radius 2 is 1.24 bits per heavy atom. The highest BCUT2D eigenvalue weighted by atomic mass is 16.2. The summed E-state index contributed by atoms with van der Waals surface area (Å²) in [5.41, 5.74) is 6.90. The van der Waals surface area contributed by atoms with Crippen LogP contribution in [0.5, 0.6) is 0 Å². The summed E-state index contributed by atoms with van der Waals surface area (Å²) in [6, 6.07) is 21.0. The van der Waals surface area contributed by atoms with Crippen LogP contribution in [0.3, 0.4) is 0 Å². The molecule has 0 spiro atoms. The first kappa shape index (κ1) is 23.1. The van der Waals surface area contributed by atoms with Gasteiger partial charge in [-0.2, -0.15) is 0 Å². The SMILES string of the molecule is Cc1ccc(C2=C(Nc3ccc(N(C)C)cc3)C(=O)N(c3ccc(N(C)C)cc3)C2=O)cc1C. The number of hydrogen-bond acceptors (Lipinski definition) is 5. The van der Waals surface area contributed by atoms with Crippen LogP contribution in [-0.2, 0) is 9.59 Å². The third-order valence-corrected chi connectivity index (χ3v) is 6.16. The van der Waals surface area contributed by atoms with Crippen molar-refractivity contribution in [1.29, 1.82) is 0 Å². The maximum Gasteiger partial charge on any atom is 0.282 e. The van der Waals surface area contributed by atoms with E-state index in [1.807, 2.05) is 106 Å². The predicted molar refractivity (Wildman–Crippen MR) is 140 cm³/mol. The third-order valence-electron chi connectivity index (χ3n) is 6.16. The van der Waals surface area contributed by atoms with Crippen molar-refractivity contribution in [1.82, 2.24) is 0 Å². The lowest BCUT2D eigenvalue weighted by atomic mass is 9.99. The minimum atomic E-state index is -0.368. The van der Waals surface area contributed by atoms with Gasteiger partial charge in [-0.15, -0.1) is 0 Å². The summed E-state index contributed by atoms with van der Waals surface area (Å²) in [5, 5.41) is 3.24. The molecule has 0 saturated carbocycles. The Morgan fingerprint density at radius 3 is 1.76 bits per heavy atom. The van der Waals surface area contributed by atoms with Crippen molar-refractivity contribution in [2.45, 2.75) is 13.8 Å². The molecular formula is C28H30N4O2. The monoisotopic (exact) mass is 454 g/mol. The van der Waals surface area contributed by atoms with Crippen LogP contribution in [0, 0.1) is 13.8 Å². The maximum absolute atomic E-state index is 13.7. The summed E-state index contributed by atoms with van der Waals surface area (Å²) in [6.07, 6.45) is 0. The number of carbonyl (C=O) groups is 2. The van der Waals surface area contributed by atoms with Crippen LogP contribution in [0.2, 0.25) is 0 Å². The van der Waals surface area contributed by atoms with E-state index in [1.165, 1.54) is 4.90 Å². The number of nitrogens with one attached hydrogen (secondary N) is 1. The number of hydrogen-bond donors (Lipinski definition) is 1. The fourth-order valence-corrected chi connectivity index (χ4v) is 3.93. The molecule has 0 aromatic heterocycles. The molecule has 1 aliphatic rings. The molecule has 0 fully saturated rings. The van der Waals surface area contributed by atoms with Crippen LogP contribution in [0.15, 0.2) is 72.4 Å². The summed E-state index contributed by atoms with van der Waals surface area (Å²) in [5.74, 6) is -0.703. The molecule has 1 N–H and O–H groups in total. The average molecular weight is 455 g/mol. The van der Waals surface area contributed by atoms with Gasteiger partial charge in [0.05, 0.1) is 11.3 Å². The number of amides is 2. The van der Waals surface area contributed by atoms with E-state index in [-0.39, 0.29) is 17.5 Å². The van der Waals surface area contributed by atoms with E-state index in [0.717, 1.165) is 33.8 Å². The normalized spacial score (nSPS) is 13.5. The lowest BCUT2D eigenvalue weighted by Crippen LogP contribution is -2.32. The molecular weight excluding hydrogens is 424 g/mol. The summed E-state index contributed by atoms with van der Waals surface area (Å²) in [6.45, 7) is 4.03. The second-order valence-electron chi connectivity index (χ2n) is 8.97. The molecule has 3 aromatic carbocycles. The number of aryl methyl sites for hydroxylation is 2. The van der Waals surface area contributed by atoms with E-state index in [1.54, 1.807) is 12.1 Å². The Kier molecular flexibility index (Phi) is 6.16. The first-order chi connectivity index (χ1) is 16.2. The Morgan fingerprint density at radius 1 is 0.676 bits per heavy atom. The van der Waals surface area contributed by atoms with Gasteiger partial charge in [0, 0.05) is 45.3 Å². The quantitative estimate of drug-likeness (QED) is 0.541. The van der Waals surface area contributed by atoms with Crippen molar-refractivity contribution in [2.75, 3.05) is 48.2 Å². The van der Waals surface area contributed by atoms with E-state index in [2.05, 4.69) is 5.32 Å². The van der Waals surface area contributed by atoms with Crippen LogP contribution < -0.4 is 20.0 Å². The summed E-state index contributed by atoms with van der Waals surface area (Å²) < 4.78 is 0. The highest BCUT2D eigenvalue weighted by Crippen LogP contribution is 2.35. The van der Waals surface area contributed by atoms with Crippen molar-refractivity contribution >= 4 is 40.1 Å². The van der Waals surface area contributed by atoms with Gasteiger partial charge in [0.2, 0.25) is 0 Å². The molecule has 2 amide bonds. The fraction of sp³-hybridized carbons (Fsp3) is 0.214. The van der Waals surface area contributed by atoms with Crippen LogP contribution in [0.4, 0.5) is 22.7 Å². The van der Waals surface area contributed by atoms with E-state index in [0.29, 0.717) is 11.3 Å². The molecule has 1 heterocycles. The third kappa shape index (κ3) is 4.27. The van der Waals surface area contributed by atoms with Gasteiger partial charge >= 0.3 is 0 Å². The summed E-state index contributed by atoms with van der Waals surface area (Å²) in [7, 11) is 7.84. The number of imide groups is 1. The minimum Gasteiger partial charge on any atom is -0.378 e. The van der Waals surface area contributed by atoms with E-state index in [9.17, 15) is 9.59 Å². The minimum absolute atomic E-state index is 0.280. The molecule has 0 aliphatic carbocycles. The molecule has 34 heavy (non-hydrogen) atoms. The van der Waals surface area contributed by atoms with Crippen LogP contribution in [0.1, 0.15) is 16.7 Å². The molecule has 0 radical (unpaired) electrons. The highest BCUT2D eigenvalue weighted by Gasteiger charge is 2.40. The number of rotatable bonds is 6. The molecule has 1 aliphatic heterocycles. The molecule has 3 aromatic rings. The first-order valence-corrected chi connectivity index (χ1v) is 11.2. The molecule has 0 saturated heterocycles. The Bertz CT molecular complexity index is 1270. The standard InChI is InChI=1S/C28H30N4O2/c1-18-7-8-20(17-19(18)2)25-26(29-21-9-11-22(12-10-21)30(3)4)28(34)32(27(25)33)24-15-13-23(14-16-24)31(5)6/h7-17,29H,1-6H3. The first-order valence-electron chi connectivity index (χ1n) is 11.2. The van der Waals surface area contributed by atoms with Gasteiger partial charge < -0.3 is 15.1 Å². The van der Waals surface area contributed by atoms with Gasteiger partial charge in [-0.1, -0.05) is 18.2 Å². The van der Waals surface area contributed by atoms with E-state index in [4.69, 9.17) is 0 Å². The molecule has 174 valence electrons. The number of carbonyl (C=O) groups excluding carboxylic acids is 2. The van der Waals surface area contributed by atoms with Crippen LogP contribution in [0.25, 0.3) is 5.57 Å². The molecule has 4 rings (SSSR count). The highest BCUT2D eigenvalue weighted by molar-refractivity contribution is 6.46. The molecule has 6 nitrogen and oxygen atoms in total. The Balaban J connectivity index is 1.78. The Labute approximate surface area is 201 Å². The second kappa shape index (κ2) is 9.06. The lowest BCUT2D eigenvalue weighted by Gasteiger charge is -2.18. The van der Waals surface area contributed by atoms with Gasteiger partial charge in [-0.25, -0.2) is 4.90 Å². The topological polar surface area (TPSA) is 55.9 Å². The average Bonchev–Trinajstić information content (AvgIpc) is 3.05. The number of anilines is 4. The summed E-state index contributed by atoms with van der Waals surface area (Å²) >= 11 is 0. The van der Waals surface area contributed by atoms with Crippen molar-refractivity contribution in [3.63, 3.8) is 0 Å². The summed E-state index contributed by atoms with van der Waals surface area (Å²) in [4.78, 5) is 32.5. The molecule has 0 unspecified atom stereocenters. The molecule has 6 heteroatoms. The number of benzene rings is 3. The Hall–Kier alpha value is -4.06. The van der Waals surface area contributed by atoms with Crippen molar-refractivity contribution in [3.05, 3.63) is 89.1 Å². The maximum atomic E-state index is 13.7. The molecule has 0 atom stereocenters. The van der Waals surface area contributed by atoms with Crippen molar-refractivity contribution in [3.8, 4) is 0 Å². The van der Waals surface area contributed by atoms with Crippen molar-refractivity contribution in [2.24, 2.45) is 0 Å². The van der Waals surface area contributed by atoms with Crippen LogP contribution in [-0.4, -0.2) is 40.0 Å². The van der Waals surface area contributed by atoms with E-state index < -0.39 is 0 Å². The second-order valence-corrected chi connectivity index (χ2v) is 8.97. The zero-order chi connectivity index (χ0) is 24.6.